The molecule has 0 atom stereocenters. The summed E-state index contributed by atoms with van der Waals surface area (Å²) in [5, 5.41) is 3.30. The fraction of sp³-hybridized carbons (Fsp3) is 0.368. The summed E-state index contributed by atoms with van der Waals surface area (Å²) in [7, 11) is -3.99. The highest BCUT2D eigenvalue weighted by Crippen LogP contribution is 2.46. The van der Waals surface area contributed by atoms with Crippen LogP contribution < -0.4 is 13.9 Å². The molecule has 0 saturated carbocycles. The van der Waals surface area contributed by atoms with Gasteiger partial charge in [-0.1, -0.05) is 12.1 Å². The number of benzene rings is 2. The van der Waals surface area contributed by atoms with Crippen LogP contribution in [0.4, 0.5) is 25.8 Å². The van der Waals surface area contributed by atoms with Gasteiger partial charge in [-0.2, -0.15) is 8.42 Å². The molecule has 1 fully saturated rings. The maximum absolute atomic E-state index is 14.4. The second-order valence-electron chi connectivity index (χ2n) is 6.91. The highest BCUT2D eigenvalue weighted by Gasteiger charge is 2.42. The van der Waals surface area contributed by atoms with Crippen molar-refractivity contribution in [1.82, 2.24) is 5.32 Å². The number of nitrogens with one attached hydrogen (secondary N) is 1. The highest BCUT2D eigenvalue weighted by atomic mass is 32.2. The van der Waals surface area contributed by atoms with Crippen LogP contribution in [0.3, 0.4) is 0 Å². The topological polar surface area (TPSA) is 52.7 Å². The molecular weight excluding hydrogens is 372 g/mol. The van der Waals surface area contributed by atoms with Crippen LogP contribution in [0.15, 0.2) is 42.5 Å². The Balaban J connectivity index is 1.69. The summed E-state index contributed by atoms with van der Waals surface area (Å²) in [5.41, 5.74) is 0.733. The van der Waals surface area contributed by atoms with E-state index in [9.17, 15) is 17.2 Å². The van der Waals surface area contributed by atoms with Crippen molar-refractivity contribution in [3.8, 4) is 0 Å². The van der Waals surface area contributed by atoms with Crippen molar-refractivity contribution < 1.29 is 17.2 Å². The van der Waals surface area contributed by atoms with Crippen molar-refractivity contribution in [3.63, 3.8) is 0 Å². The third-order valence-corrected chi connectivity index (χ3v) is 7.00. The van der Waals surface area contributed by atoms with Crippen LogP contribution in [-0.4, -0.2) is 28.1 Å². The Morgan fingerprint density at radius 2 is 1.70 bits per heavy atom. The van der Waals surface area contributed by atoms with Gasteiger partial charge in [0.15, 0.2) is 5.82 Å². The molecule has 2 aliphatic rings. The van der Waals surface area contributed by atoms with Gasteiger partial charge in [0.1, 0.15) is 5.82 Å². The number of para-hydroxylation sites is 2. The van der Waals surface area contributed by atoms with Crippen molar-refractivity contribution in [2.75, 3.05) is 28.2 Å². The molecule has 1 N–H and O–H groups in total. The van der Waals surface area contributed by atoms with Gasteiger partial charge in [0, 0.05) is 12.6 Å². The Morgan fingerprint density at radius 1 is 1.00 bits per heavy atom. The van der Waals surface area contributed by atoms with Gasteiger partial charge in [-0.15, -0.1) is 0 Å². The highest BCUT2D eigenvalue weighted by molar-refractivity contribution is 7.95. The third-order valence-electron chi connectivity index (χ3n) is 5.21. The Hall–Kier alpha value is -2.19. The quantitative estimate of drug-likeness (QED) is 0.864. The maximum Gasteiger partial charge on any atom is 0.331 e. The van der Waals surface area contributed by atoms with Crippen molar-refractivity contribution in [2.24, 2.45) is 5.92 Å². The normalized spacial score (nSPS) is 19.3. The van der Waals surface area contributed by atoms with Crippen LogP contribution in [0.1, 0.15) is 19.3 Å². The predicted octanol–water partition coefficient (Wildman–Crippen LogP) is 3.56. The molecule has 0 bridgehead atoms. The molecule has 1 saturated heterocycles. The lowest BCUT2D eigenvalue weighted by Gasteiger charge is -2.26. The first-order valence-corrected chi connectivity index (χ1v) is 10.5. The standard InChI is InChI=1S/C19H21F2N3O2S/c20-15-5-6-17(16(21)13-15)24-19-4-2-1-3-18(19)23(27(24,25)26)12-9-14-7-10-22-11-8-14/h1-6,13-14,22H,7-12H2. The molecule has 2 aromatic carbocycles. The molecule has 0 aromatic heterocycles. The van der Waals surface area contributed by atoms with Crippen molar-refractivity contribution in [2.45, 2.75) is 19.3 Å². The summed E-state index contributed by atoms with van der Waals surface area (Å²) in [6, 6.07) is 9.75. The Labute approximate surface area is 157 Å². The zero-order chi connectivity index (χ0) is 19.0. The van der Waals surface area contributed by atoms with E-state index in [1.165, 1.54) is 4.31 Å². The molecule has 27 heavy (non-hydrogen) atoms. The number of hydrogen-bond acceptors (Lipinski definition) is 3. The molecule has 5 nitrogen and oxygen atoms in total. The van der Waals surface area contributed by atoms with E-state index in [1.807, 2.05) is 0 Å². The van der Waals surface area contributed by atoms with E-state index >= 15 is 0 Å². The SMILES string of the molecule is O=S1(=O)N(CCC2CCNCC2)c2ccccc2N1c1ccc(F)cc1F. The second kappa shape index (κ2) is 7.09. The number of fused-ring (bicyclic) bond motifs is 1. The van der Waals surface area contributed by atoms with Gasteiger partial charge in [0.05, 0.1) is 17.1 Å². The van der Waals surface area contributed by atoms with Crippen molar-refractivity contribution in [3.05, 3.63) is 54.1 Å². The summed E-state index contributed by atoms with van der Waals surface area (Å²) < 4.78 is 56.5. The summed E-state index contributed by atoms with van der Waals surface area (Å²) in [4.78, 5) is 0. The molecule has 0 aliphatic carbocycles. The van der Waals surface area contributed by atoms with Gasteiger partial charge in [-0.3, -0.25) is 4.31 Å². The van der Waals surface area contributed by atoms with Crippen LogP contribution >= 0.6 is 0 Å². The number of piperidine rings is 1. The number of rotatable bonds is 4. The van der Waals surface area contributed by atoms with E-state index in [0.29, 0.717) is 29.9 Å². The fourth-order valence-corrected chi connectivity index (χ4v) is 5.54. The summed E-state index contributed by atoms with van der Waals surface area (Å²) >= 11 is 0. The predicted molar refractivity (Wildman–Crippen MR) is 101 cm³/mol. The lowest BCUT2D eigenvalue weighted by atomic mass is 9.95. The number of hydrogen-bond donors (Lipinski definition) is 1. The van der Waals surface area contributed by atoms with Gasteiger partial charge in [-0.25, -0.2) is 13.1 Å². The Kier molecular flexibility index (Phi) is 4.77. The van der Waals surface area contributed by atoms with E-state index in [4.69, 9.17) is 0 Å². The minimum Gasteiger partial charge on any atom is -0.317 e. The first kappa shape index (κ1) is 18.2. The van der Waals surface area contributed by atoms with Crippen LogP contribution in [0.2, 0.25) is 0 Å². The van der Waals surface area contributed by atoms with Gasteiger partial charge < -0.3 is 5.32 Å². The average molecular weight is 393 g/mol. The van der Waals surface area contributed by atoms with Crippen molar-refractivity contribution in [1.29, 1.82) is 0 Å². The molecule has 144 valence electrons. The molecule has 2 aliphatic heterocycles. The monoisotopic (exact) mass is 393 g/mol. The minimum absolute atomic E-state index is 0.173. The number of nitrogens with zero attached hydrogens (tertiary/aromatic N) is 2. The van der Waals surface area contributed by atoms with Crippen molar-refractivity contribution >= 4 is 27.3 Å². The molecule has 0 spiro atoms. The number of halogens is 2. The first-order chi connectivity index (χ1) is 13.0. The molecule has 0 unspecified atom stereocenters. The van der Waals surface area contributed by atoms with Gasteiger partial charge in [0.25, 0.3) is 0 Å². The van der Waals surface area contributed by atoms with Crippen LogP contribution in [0.25, 0.3) is 0 Å². The van der Waals surface area contributed by atoms with Gasteiger partial charge in [-0.05, 0) is 62.5 Å². The lowest BCUT2D eigenvalue weighted by Crippen LogP contribution is -2.37. The van der Waals surface area contributed by atoms with E-state index in [1.54, 1.807) is 24.3 Å². The zero-order valence-corrected chi connectivity index (χ0v) is 15.6. The molecule has 8 heteroatoms. The average Bonchev–Trinajstić information content (AvgIpc) is 2.87. The van der Waals surface area contributed by atoms with E-state index in [-0.39, 0.29) is 5.69 Å². The maximum atomic E-state index is 14.4. The second-order valence-corrected chi connectivity index (χ2v) is 8.61. The Morgan fingerprint density at radius 3 is 2.41 bits per heavy atom. The van der Waals surface area contributed by atoms with Crippen LogP contribution in [-0.2, 0) is 10.2 Å². The third kappa shape index (κ3) is 3.27. The smallest absolute Gasteiger partial charge is 0.317 e. The molecular formula is C19H21F2N3O2S. The lowest BCUT2D eigenvalue weighted by molar-refractivity contribution is 0.358. The molecule has 0 radical (unpaired) electrons. The number of anilines is 3. The zero-order valence-electron chi connectivity index (χ0n) is 14.7. The van der Waals surface area contributed by atoms with E-state index < -0.39 is 21.8 Å². The first-order valence-electron chi connectivity index (χ1n) is 9.06. The minimum atomic E-state index is -3.99. The molecule has 4 rings (SSSR count). The van der Waals surface area contributed by atoms with Gasteiger partial charge >= 0.3 is 10.2 Å². The molecule has 2 heterocycles. The summed E-state index contributed by atoms with van der Waals surface area (Å²) in [6.45, 7) is 2.23. The molecule has 2 aromatic rings. The van der Waals surface area contributed by atoms with E-state index in [0.717, 1.165) is 48.8 Å². The van der Waals surface area contributed by atoms with Crippen LogP contribution in [0.5, 0.6) is 0 Å². The van der Waals surface area contributed by atoms with E-state index in [2.05, 4.69) is 5.32 Å². The Bertz CT molecular complexity index is 946. The fourth-order valence-electron chi connectivity index (χ4n) is 3.80. The summed E-state index contributed by atoms with van der Waals surface area (Å²) in [6.07, 6.45) is 2.78. The largest absolute Gasteiger partial charge is 0.331 e. The van der Waals surface area contributed by atoms with Crippen LogP contribution in [0, 0.1) is 17.6 Å². The van der Waals surface area contributed by atoms with Gasteiger partial charge in [0.2, 0.25) is 0 Å². The summed E-state index contributed by atoms with van der Waals surface area (Å²) in [5.74, 6) is -1.19. The molecule has 0 amide bonds.